The Labute approximate surface area is 113 Å². The summed E-state index contributed by atoms with van der Waals surface area (Å²) in [6, 6.07) is 0.179. The molecule has 19 heavy (non-hydrogen) atoms. The van der Waals surface area contributed by atoms with Crippen LogP contribution in [0.25, 0.3) is 0 Å². The van der Waals surface area contributed by atoms with Crippen LogP contribution >= 0.6 is 0 Å². The maximum Gasteiger partial charge on any atom is 0.410 e. The van der Waals surface area contributed by atoms with E-state index in [-0.39, 0.29) is 12.1 Å². The van der Waals surface area contributed by atoms with E-state index in [1.54, 1.807) is 11.1 Å². The standard InChI is InChI=1S/C13H22N4O2/c1-13(2,3)19-12(18)16-6-4-5-11(9-16)17-8-10(14)7-15-17/h7-8,11H,4-6,9,14H2,1-3H3/t11-/m1/s1. The Balaban J connectivity index is 1.99. The van der Waals surface area contributed by atoms with Gasteiger partial charge in [-0.15, -0.1) is 0 Å². The highest BCUT2D eigenvalue weighted by Gasteiger charge is 2.28. The normalized spacial score (nSPS) is 20.4. The molecule has 0 radical (unpaired) electrons. The van der Waals surface area contributed by atoms with Gasteiger partial charge in [-0.1, -0.05) is 0 Å². The Morgan fingerprint density at radius 2 is 2.26 bits per heavy atom. The number of hydrogen-bond acceptors (Lipinski definition) is 4. The first-order valence-corrected chi connectivity index (χ1v) is 6.63. The van der Waals surface area contributed by atoms with E-state index in [4.69, 9.17) is 10.5 Å². The number of carbonyl (C=O) groups is 1. The second-order valence-corrected chi connectivity index (χ2v) is 5.98. The van der Waals surface area contributed by atoms with Gasteiger partial charge in [-0.25, -0.2) is 4.79 Å². The van der Waals surface area contributed by atoms with Crippen molar-refractivity contribution in [2.45, 2.75) is 45.3 Å². The largest absolute Gasteiger partial charge is 0.444 e. The third-order valence-corrected chi connectivity index (χ3v) is 3.04. The molecule has 6 heteroatoms. The van der Waals surface area contributed by atoms with Gasteiger partial charge in [-0.3, -0.25) is 4.68 Å². The van der Waals surface area contributed by atoms with Gasteiger partial charge in [0.1, 0.15) is 5.60 Å². The van der Waals surface area contributed by atoms with E-state index in [1.165, 1.54) is 0 Å². The van der Waals surface area contributed by atoms with Gasteiger partial charge in [0, 0.05) is 19.3 Å². The minimum absolute atomic E-state index is 0.179. The Kier molecular flexibility index (Phi) is 3.68. The fourth-order valence-corrected chi connectivity index (χ4v) is 2.22. The molecular weight excluding hydrogens is 244 g/mol. The average Bonchev–Trinajstić information content (AvgIpc) is 2.74. The fourth-order valence-electron chi connectivity index (χ4n) is 2.22. The van der Waals surface area contributed by atoms with Gasteiger partial charge in [-0.05, 0) is 33.6 Å². The van der Waals surface area contributed by atoms with Gasteiger partial charge in [0.05, 0.1) is 17.9 Å². The van der Waals surface area contributed by atoms with Crippen molar-refractivity contribution in [1.29, 1.82) is 0 Å². The Morgan fingerprint density at radius 3 is 2.84 bits per heavy atom. The number of carbonyl (C=O) groups excluding carboxylic acids is 1. The van der Waals surface area contributed by atoms with Gasteiger partial charge < -0.3 is 15.4 Å². The summed E-state index contributed by atoms with van der Waals surface area (Å²) in [4.78, 5) is 13.8. The van der Waals surface area contributed by atoms with Crippen LogP contribution in [-0.4, -0.2) is 39.5 Å². The first-order valence-electron chi connectivity index (χ1n) is 6.63. The Bertz CT molecular complexity index is 450. The van der Waals surface area contributed by atoms with Crippen LogP contribution < -0.4 is 5.73 Å². The summed E-state index contributed by atoms with van der Waals surface area (Å²) in [5.41, 5.74) is 5.86. The number of anilines is 1. The molecule has 1 aliphatic heterocycles. The molecule has 0 aromatic carbocycles. The van der Waals surface area contributed by atoms with Gasteiger partial charge in [0.2, 0.25) is 0 Å². The molecule has 2 heterocycles. The van der Waals surface area contributed by atoms with Crippen molar-refractivity contribution in [2.75, 3.05) is 18.8 Å². The predicted octanol–water partition coefficient (Wildman–Crippen LogP) is 2.04. The molecule has 0 aliphatic carbocycles. The van der Waals surface area contributed by atoms with Gasteiger partial charge >= 0.3 is 6.09 Å². The lowest BCUT2D eigenvalue weighted by atomic mass is 10.1. The number of ether oxygens (including phenoxy) is 1. The molecule has 6 nitrogen and oxygen atoms in total. The molecule has 2 N–H and O–H groups in total. The summed E-state index contributed by atoms with van der Waals surface area (Å²) < 4.78 is 7.24. The zero-order valence-electron chi connectivity index (χ0n) is 11.8. The van der Waals surface area contributed by atoms with Crippen molar-refractivity contribution in [2.24, 2.45) is 0 Å². The summed E-state index contributed by atoms with van der Waals surface area (Å²) in [6.45, 7) is 6.99. The highest BCUT2D eigenvalue weighted by atomic mass is 16.6. The zero-order chi connectivity index (χ0) is 14.0. The number of nitrogen functional groups attached to an aromatic ring is 1. The Morgan fingerprint density at radius 1 is 1.53 bits per heavy atom. The summed E-state index contributed by atoms with van der Waals surface area (Å²) in [5, 5.41) is 4.22. The number of amides is 1. The van der Waals surface area contributed by atoms with Gasteiger partial charge in [0.25, 0.3) is 0 Å². The molecule has 1 saturated heterocycles. The third kappa shape index (κ3) is 3.62. The van der Waals surface area contributed by atoms with Crippen LogP contribution in [0.5, 0.6) is 0 Å². The number of rotatable bonds is 1. The van der Waals surface area contributed by atoms with Crippen molar-refractivity contribution in [3.8, 4) is 0 Å². The molecule has 0 unspecified atom stereocenters. The molecule has 1 aromatic rings. The highest BCUT2D eigenvalue weighted by Crippen LogP contribution is 2.23. The molecular formula is C13H22N4O2. The molecule has 106 valence electrons. The highest BCUT2D eigenvalue weighted by molar-refractivity contribution is 5.68. The smallest absolute Gasteiger partial charge is 0.410 e. The second-order valence-electron chi connectivity index (χ2n) is 5.98. The van der Waals surface area contributed by atoms with Crippen LogP contribution in [-0.2, 0) is 4.74 Å². The molecule has 0 spiro atoms. The Hall–Kier alpha value is -1.72. The average molecular weight is 266 g/mol. The van der Waals surface area contributed by atoms with Crippen LogP contribution in [0.3, 0.4) is 0 Å². The summed E-state index contributed by atoms with van der Waals surface area (Å²) in [5.74, 6) is 0. The number of aromatic nitrogens is 2. The van der Waals surface area contributed by atoms with Crippen LogP contribution in [0, 0.1) is 0 Å². The minimum atomic E-state index is -0.458. The molecule has 1 aromatic heterocycles. The summed E-state index contributed by atoms with van der Waals surface area (Å²) in [6.07, 6.45) is 5.14. The number of piperidine rings is 1. The van der Waals surface area contributed by atoms with Crippen molar-refractivity contribution in [1.82, 2.24) is 14.7 Å². The lowest BCUT2D eigenvalue weighted by molar-refractivity contribution is 0.0167. The van der Waals surface area contributed by atoms with E-state index >= 15 is 0 Å². The quantitative estimate of drug-likeness (QED) is 0.844. The number of nitrogens with zero attached hydrogens (tertiary/aromatic N) is 3. The van der Waals surface area contributed by atoms with Crippen LogP contribution in [0.4, 0.5) is 10.5 Å². The van der Waals surface area contributed by atoms with E-state index in [1.807, 2.05) is 31.6 Å². The molecule has 1 atom stereocenters. The van der Waals surface area contributed by atoms with Crippen LogP contribution in [0.1, 0.15) is 39.7 Å². The molecule has 2 rings (SSSR count). The fraction of sp³-hybridized carbons (Fsp3) is 0.692. The number of hydrogen-bond donors (Lipinski definition) is 1. The van der Waals surface area contributed by atoms with E-state index in [0.29, 0.717) is 12.2 Å². The monoisotopic (exact) mass is 266 g/mol. The topological polar surface area (TPSA) is 73.4 Å². The van der Waals surface area contributed by atoms with E-state index in [0.717, 1.165) is 19.4 Å². The van der Waals surface area contributed by atoms with E-state index in [2.05, 4.69) is 5.10 Å². The van der Waals surface area contributed by atoms with E-state index in [9.17, 15) is 4.79 Å². The number of likely N-dealkylation sites (tertiary alicyclic amines) is 1. The first kappa shape index (κ1) is 13.7. The molecule has 0 saturated carbocycles. The van der Waals surface area contributed by atoms with Crippen molar-refractivity contribution >= 4 is 11.8 Å². The molecule has 1 amide bonds. The maximum atomic E-state index is 12.0. The summed E-state index contributed by atoms with van der Waals surface area (Å²) in [7, 11) is 0. The lowest BCUT2D eigenvalue weighted by Gasteiger charge is -2.34. The molecule has 0 bridgehead atoms. The SMILES string of the molecule is CC(C)(C)OC(=O)N1CCC[C@@H](n2cc(N)cn2)C1. The van der Waals surface area contributed by atoms with Crippen molar-refractivity contribution in [3.05, 3.63) is 12.4 Å². The zero-order valence-corrected chi connectivity index (χ0v) is 11.8. The summed E-state index contributed by atoms with van der Waals surface area (Å²) >= 11 is 0. The molecule has 1 fully saturated rings. The second kappa shape index (κ2) is 5.11. The predicted molar refractivity (Wildman–Crippen MR) is 72.7 cm³/mol. The minimum Gasteiger partial charge on any atom is -0.444 e. The van der Waals surface area contributed by atoms with Crippen LogP contribution in [0.2, 0.25) is 0 Å². The van der Waals surface area contributed by atoms with Gasteiger partial charge in [0.15, 0.2) is 0 Å². The van der Waals surface area contributed by atoms with Crippen molar-refractivity contribution in [3.63, 3.8) is 0 Å². The number of nitrogens with two attached hydrogens (primary N) is 1. The lowest BCUT2D eigenvalue weighted by Crippen LogP contribution is -2.43. The van der Waals surface area contributed by atoms with Crippen LogP contribution in [0.15, 0.2) is 12.4 Å². The van der Waals surface area contributed by atoms with E-state index < -0.39 is 5.60 Å². The van der Waals surface area contributed by atoms with Crippen molar-refractivity contribution < 1.29 is 9.53 Å². The molecule has 1 aliphatic rings. The van der Waals surface area contributed by atoms with Gasteiger partial charge in [-0.2, -0.15) is 5.10 Å². The third-order valence-electron chi connectivity index (χ3n) is 3.04. The first-order chi connectivity index (χ1) is 8.85. The maximum absolute atomic E-state index is 12.0.